The first kappa shape index (κ1) is 15.3. The Morgan fingerprint density at radius 3 is 2.70 bits per heavy atom. The predicted molar refractivity (Wildman–Crippen MR) is 80.4 cm³/mol. The van der Waals surface area contributed by atoms with Crippen LogP contribution >= 0.6 is 0 Å². The Labute approximate surface area is 121 Å². The van der Waals surface area contributed by atoms with Gasteiger partial charge in [0, 0.05) is 11.6 Å². The number of halogens is 1. The molecule has 0 amide bonds. The maximum atomic E-state index is 13.7. The third-order valence-electron chi connectivity index (χ3n) is 4.42. The van der Waals surface area contributed by atoms with Crippen molar-refractivity contribution in [2.24, 2.45) is 11.7 Å². The minimum atomic E-state index is -0.219. The lowest BCUT2D eigenvalue weighted by molar-refractivity contribution is 0.0889. The van der Waals surface area contributed by atoms with Gasteiger partial charge in [0.1, 0.15) is 17.7 Å². The van der Waals surface area contributed by atoms with Gasteiger partial charge in [0.25, 0.3) is 0 Å². The topological polar surface area (TPSA) is 35.2 Å². The van der Waals surface area contributed by atoms with Gasteiger partial charge in [-0.15, -0.1) is 0 Å². The second-order valence-corrected chi connectivity index (χ2v) is 6.04. The molecule has 3 atom stereocenters. The van der Waals surface area contributed by atoms with Gasteiger partial charge < -0.3 is 10.5 Å². The number of ether oxygens (including phenoxy) is 1. The first-order valence-electron chi connectivity index (χ1n) is 7.75. The van der Waals surface area contributed by atoms with Gasteiger partial charge in [-0.2, -0.15) is 0 Å². The van der Waals surface area contributed by atoms with Crippen molar-refractivity contribution in [1.82, 2.24) is 0 Å². The molecule has 20 heavy (non-hydrogen) atoms. The van der Waals surface area contributed by atoms with Gasteiger partial charge in [0.2, 0.25) is 0 Å². The molecule has 1 aliphatic rings. The number of benzene rings is 1. The first-order valence-corrected chi connectivity index (χ1v) is 7.75. The molecule has 1 saturated carbocycles. The first-order chi connectivity index (χ1) is 9.52. The van der Waals surface area contributed by atoms with Crippen molar-refractivity contribution in [2.45, 2.75) is 65.0 Å². The Morgan fingerprint density at radius 2 is 2.05 bits per heavy atom. The quantitative estimate of drug-likeness (QED) is 0.880. The normalized spacial score (nSPS) is 24.4. The van der Waals surface area contributed by atoms with Crippen molar-refractivity contribution in [3.8, 4) is 5.75 Å². The standard InChI is InChI=1S/C17H26FNO/c1-4-13-7-5-6-8-16(13)20-17-9-11(2)15(18)10-14(17)12(3)19/h9-10,12-13,16H,4-8,19H2,1-3H3/t12-,13?,16?/m1/s1. The lowest BCUT2D eigenvalue weighted by atomic mass is 9.84. The van der Waals surface area contributed by atoms with Crippen LogP contribution in [0.2, 0.25) is 0 Å². The highest BCUT2D eigenvalue weighted by Crippen LogP contribution is 2.34. The highest BCUT2D eigenvalue weighted by Gasteiger charge is 2.26. The van der Waals surface area contributed by atoms with E-state index in [4.69, 9.17) is 10.5 Å². The van der Waals surface area contributed by atoms with Crippen LogP contribution in [0.3, 0.4) is 0 Å². The average molecular weight is 279 g/mol. The Hall–Kier alpha value is -1.09. The second kappa shape index (κ2) is 6.57. The van der Waals surface area contributed by atoms with E-state index in [0.717, 1.165) is 24.2 Å². The van der Waals surface area contributed by atoms with Crippen LogP contribution in [-0.4, -0.2) is 6.10 Å². The van der Waals surface area contributed by atoms with E-state index in [0.29, 0.717) is 11.5 Å². The number of hydrogen-bond donors (Lipinski definition) is 1. The van der Waals surface area contributed by atoms with E-state index in [-0.39, 0.29) is 18.0 Å². The molecule has 3 heteroatoms. The van der Waals surface area contributed by atoms with Gasteiger partial charge >= 0.3 is 0 Å². The molecule has 0 radical (unpaired) electrons. The van der Waals surface area contributed by atoms with Gasteiger partial charge in [-0.3, -0.25) is 0 Å². The molecule has 0 saturated heterocycles. The predicted octanol–water partition coefficient (Wildman–Crippen LogP) is 4.50. The molecule has 1 aromatic rings. The van der Waals surface area contributed by atoms with Crippen molar-refractivity contribution in [3.63, 3.8) is 0 Å². The Kier molecular flexibility index (Phi) is 5.03. The zero-order valence-electron chi connectivity index (χ0n) is 12.8. The second-order valence-electron chi connectivity index (χ2n) is 6.04. The van der Waals surface area contributed by atoms with E-state index >= 15 is 0 Å². The molecule has 0 bridgehead atoms. The molecule has 1 fully saturated rings. The van der Waals surface area contributed by atoms with Crippen LogP contribution in [0.1, 0.15) is 63.1 Å². The smallest absolute Gasteiger partial charge is 0.126 e. The molecule has 2 unspecified atom stereocenters. The molecule has 112 valence electrons. The summed E-state index contributed by atoms with van der Waals surface area (Å²) in [7, 11) is 0. The Morgan fingerprint density at radius 1 is 1.35 bits per heavy atom. The van der Waals surface area contributed by atoms with Crippen molar-refractivity contribution in [2.75, 3.05) is 0 Å². The molecule has 0 heterocycles. The summed E-state index contributed by atoms with van der Waals surface area (Å²) in [6.45, 7) is 5.86. The lowest BCUT2D eigenvalue weighted by Crippen LogP contribution is -2.30. The van der Waals surface area contributed by atoms with Crippen LogP contribution < -0.4 is 10.5 Å². The van der Waals surface area contributed by atoms with E-state index in [1.165, 1.54) is 25.3 Å². The molecule has 0 spiro atoms. The number of rotatable bonds is 4. The molecule has 0 aromatic heterocycles. The Balaban J connectivity index is 2.25. The Bertz CT molecular complexity index is 459. The molecule has 2 rings (SSSR count). The summed E-state index contributed by atoms with van der Waals surface area (Å²) in [5, 5.41) is 0. The van der Waals surface area contributed by atoms with E-state index in [9.17, 15) is 4.39 Å². The molecular formula is C17H26FNO. The average Bonchev–Trinajstić information content (AvgIpc) is 2.43. The highest BCUT2D eigenvalue weighted by atomic mass is 19.1. The summed E-state index contributed by atoms with van der Waals surface area (Å²) in [6, 6.07) is 3.11. The van der Waals surface area contributed by atoms with Crippen LogP contribution in [-0.2, 0) is 0 Å². The summed E-state index contributed by atoms with van der Waals surface area (Å²) in [6.07, 6.45) is 6.22. The van der Waals surface area contributed by atoms with Gasteiger partial charge in [0.05, 0.1) is 0 Å². The third-order valence-corrected chi connectivity index (χ3v) is 4.42. The maximum Gasteiger partial charge on any atom is 0.126 e. The van der Waals surface area contributed by atoms with Crippen LogP contribution in [0.4, 0.5) is 4.39 Å². The minimum absolute atomic E-state index is 0.208. The summed E-state index contributed by atoms with van der Waals surface area (Å²) >= 11 is 0. The fraction of sp³-hybridized carbons (Fsp3) is 0.647. The van der Waals surface area contributed by atoms with Crippen molar-refractivity contribution < 1.29 is 9.13 Å². The van der Waals surface area contributed by atoms with Gasteiger partial charge in [0.15, 0.2) is 0 Å². The zero-order chi connectivity index (χ0) is 14.7. The monoisotopic (exact) mass is 279 g/mol. The largest absolute Gasteiger partial charge is 0.490 e. The zero-order valence-corrected chi connectivity index (χ0v) is 12.8. The molecule has 1 aromatic carbocycles. The van der Waals surface area contributed by atoms with Gasteiger partial charge in [-0.05, 0) is 63.1 Å². The molecule has 2 nitrogen and oxygen atoms in total. The molecule has 1 aliphatic carbocycles. The summed E-state index contributed by atoms with van der Waals surface area (Å²) in [5.41, 5.74) is 7.35. The van der Waals surface area contributed by atoms with Crippen LogP contribution in [0.25, 0.3) is 0 Å². The fourth-order valence-electron chi connectivity index (χ4n) is 3.09. The van der Waals surface area contributed by atoms with Crippen LogP contribution in [0.5, 0.6) is 5.75 Å². The molecule has 0 aliphatic heterocycles. The number of nitrogens with two attached hydrogens (primary N) is 1. The van der Waals surface area contributed by atoms with Crippen molar-refractivity contribution in [3.05, 3.63) is 29.1 Å². The van der Waals surface area contributed by atoms with Crippen molar-refractivity contribution in [1.29, 1.82) is 0 Å². The highest BCUT2D eigenvalue weighted by molar-refractivity contribution is 5.40. The SMILES string of the molecule is CCC1CCCCC1Oc1cc(C)c(F)cc1[C@@H](C)N. The van der Waals surface area contributed by atoms with Crippen LogP contribution in [0, 0.1) is 18.7 Å². The number of aryl methyl sites for hydroxylation is 1. The van der Waals surface area contributed by atoms with Gasteiger partial charge in [-0.25, -0.2) is 4.39 Å². The maximum absolute atomic E-state index is 13.7. The molecule has 2 N–H and O–H groups in total. The van der Waals surface area contributed by atoms with Gasteiger partial charge in [-0.1, -0.05) is 13.3 Å². The molecular weight excluding hydrogens is 253 g/mol. The number of hydrogen-bond acceptors (Lipinski definition) is 2. The van der Waals surface area contributed by atoms with Crippen LogP contribution in [0.15, 0.2) is 12.1 Å². The van der Waals surface area contributed by atoms with E-state index in [1.807, 2.05) is 6.92 Å². The fourth-order valence-corrected chi connectivity index (χ4v) is 3.09. The lowest BCUT2D eigenvalue weighted by Gasteiger charge is -2.32. The van der Waals surface area contributed by atoms with E-state index in [2.05, 4.69) is 6.92 Å². The third kappa shape index (κ3) is 3.32. The summed E-state index contributed by atoms with van der Waals surface area (Å²) in [4.78, 5) is 0. The minimum Gasteiger partial charge on any atom is -0.490 e. The van der Waals surface area contributed by atoms with E-state index in [1.54, 1.807) is 13.0 Å². The van der Waals surface area contributed by atoms with E-state index < -0.39 is 0 Å². The summed E-state index contributed by atoms with van der Waals surface area (Å²) < 4.78 is 20.0. The summed E-state index contributed by atoms with van der Waals surface area (Å²) in [5.74, 6) is 1.17. The van der Waals surface area contributed by atoms with Crippen molar-refractivity contribution >= 4 is 0 Å².